The maximum atomic E-state index is 11.5. The predicted octanol–water partition coefficient (Wildman–Crippen LogP) is -0.149. The lowest BCUT2D eigenvalue weighted by Gasteiger charge is -2.61. The Bertz CT molecular complexity index is 556. The Hall–Kier alpha value is -2.38. The van der Waals surface area contributed by atoms with E-state index in [0.29, 0.717) is 0 Å². The van der Waals surface area contributed by atoms with Gasteiger partial charge < -0.3 is 20.4 Å². The van der Waals surface area contributed by atoms with Crippen LogP contribution in [-0.2, 0) is 19.2 Å². The van der Waals surface area contributed by atoms with Crippen molar-refractivity contribution in [1.82, 2.24) is 0 Å². The van der Waals surface area contributed by atoms with Crippen LogP contribution < -0.4 is 0 Å². The van der Waals surface area contributed by atoms with Crippen molar-refractivity contribution < 1.29 is 39.6 Å². The molecule has 4 aliphatic carbocycles. The zero-order chi connectivity index (χ0) is 16.3. The van der Waals surface area contributed by atoms with Gasteiger partial charge in [0.25, 0.3) is 0 Å². The first-order valence-electron chi connectivity index (χ1n) is 6.87. The first-order chi connectivity index (χ1) is 10.3. The molecular weight excluding hydrogens is 296 g/mol. The molecule has 0 aliphatic heterocycles. The maximum Gasteiger partial charge on any atom is 0.308 e. The summed E-state index contributed by atoms with van der Waals surface area (Å²) in [5.74, 6) is -12.7. The van der Waals surface area contributed by atoms with E-state index in [1.54, 1.807) is 12.2 Å². The van der Waals surface area contributed by atoms with Crippen LogP contribution in [0.2, 0.25) is 0 Å². The molecule has 4 N–H and O–H groups in total. The summed E-state index contributed by atoms with van der Waals surface area (Å²) in [6.07, 6.45) is 3.11. The van der Waals surface area contributed by atoms with Crippen LogP contribution in [0.4, 0.5) is 0 Å². The molecule has 2 bridgehead atoms. The van der Waals surface area contributed by atoms with E-state index >= 15 is 0 Å². The Labute approximate surface area is 124 Å². The fourth-order valence-corrected chi connectivity index (χ4v) is 4.79. The van der Waals surface area contributed by atoms with Crippen LogP contribution >= 0.6 is 0 Å². The number of carbonyl (C=O) groups is 4. The second-order valence-corrected chi connectivity index (χ2v) is 6.15. The zero-order valence-corrected chi connectivity index (χ0v) is 11.2. The van der Waals surface area contributed by atoms with Gasteiger partial charge >= 0.3 is 23.9 Å². The summed E-state index contributed by atoms with van der Waals surface area (Å²) in [7, 11) is 0. The summed E-state index contributed by atoms with van der Waals surface area (Å²) >= 11 is 0. The van der Waals surface area contributed by atoms with Crippen molar-refractivity contribution >= 4 is 23.9 Å². The minimum absolute atomic E-state index is 0.634. The van der Waals surface area contributed by atoms with E-state index in [1.807, 2.05) is 0 Å². The van der Waals surface area contributed by atoms with Crippen molar-refractivity contribution in [2.75, 3.05) is 0 Å². The monoisotopic (exact) mass is 310 g/mol. The second-order valence-electron chi connectivity index (χ2n) is 6.15. The summed E-state index contributed by atoms with van der Waals surface area (Å²) in [4.78, 5) is 45.7. The highest BCUT2D eigenvalue weighted by molar-refractivity contribution is 5.86. The minimum Gasteiger partial charge on any atom is -0.481 e. The quantitative estimate of drug-likeness (QED) is 0.524. The summed E-state index contributed by atoms with van der Waals surface area (Å²) in [6, 6.07) is 0. The van der Waals surface area contributed by atoms with Crippen molar-refractivity contribution in [3.8, 4) is 0 Å². The van der Waals surface area contributed by atoms with Crippen LogP contribution in [0.15, 0.2) is 12.2 Å². The van der Waals surface area contributed by atoms with Gasteiger partial charge in [0.05, 0.1) is 23.7 Å². The standard InChI is InChI=1S/C14H14O8/c15-11(16)7-3-1-2-4(8(7)12(17)18)6-5(3)9(13(19)20)10(6)14(21)22/h1-10H,(H,15,16)(H,17,18)(H,19,20)(H,21,22)/t3-,4+,5-,6-,7+,8-,9-,10-/m0/s1. The number of aliphatic carboxylic acids is 4. The van der Waals surface area contributed by atoms with Gasteiger partial charge in [-0.15, -0.1) is 0 Å². The summed E-state index contributed by atoms with van der Waals surface area (Å²) in [6.45, 7) is 0. The van der Waals surface area contributed by atoms with Gasteiger partial charge in [0.2, 0.25) is 0 Å². The second kappa shape index (κ2) is 4.56. The molecule has 22 heavy (non-hydrogen) atoms. The maximum absolute atomic E-state index is 11.5. The third-order valence-electron chi connectivity index (χ3n) is 5.46. The molecule has 0 spiro atoms. The van der Waals surface area contributed by atoms with Crippen LogP contribution in [0.25, 0.3) is 0 Å². The molecule has 2 saturated carbocycles. The molecule has 0 saturated heterocycles. The van der Waals surface area contributed by atoms with Gasteiger partial charge in [-0.2, -0.15) is 0 Å². The summed E-state index contributed by atoms with van der Waals surface area (Å²) in [5, 5.41) is 37.2. The molecule has 118 valence electrons. The lowest BCUT2D eigenvalue weighted by atomic mass is 9.39. The van der Waals surface area contributed by atoms with E-state index in [2.05, 4.69) is 0 Å². The molecule has 0 amide bonds. The molecule has 0 heterocycles. The Morgan fingerprint density at radius 2 is 0.818 bits per heavy atom. The number of hydrogen-bond donors (Lipinski definition) is 4. The molecule has 0 aromatic heterocycles. The molecule has 2 fully saturated rings. The molecule has 0 radical (unpaired) electrons. The van der Waals surface area contributed by atoms with Gasteiger partial charge in [0.1, 0.15) is 0 Å². The van der Waals surface area contributed by atoms with E-state index in [4.69, 9.17) is 0 Å². The zero-order valence-electron chi connectivity index (χ0n) is 11.2. The third-order valence-corrected chi connectivity index (χ3v) is 5.46. The molecule has 4 aliphatic rings. The Morgan fingerprint density at radius 1 is 0.545 bits per heavy atom. The van der Waals surface area contributed by atoms with Crippen LogP contribution in [-0.4, -0.2) is 44.3 Å². The lowest BCUT2D eigenvalue weighted by Crippen LogP contribution is -2.67. The predicted molar refractivity (Wildman–Crippen MR) is 67.6 cm³/mol. The Kier molecular flexibility index (Phi) is 3.01. The van der Waals surface area contributed by atoms with Gasteiger partial charge in [-0.3, -0.25) is 19.2 Å². The number of fused-ring (bicyclic) bond motifs is 1. The Morgan fingerprint density at radius 3 is 1.05 bits per heavy atom. The van der Waals surface area contributed by atoms with Crippen molar-refractivity contribution in [3.05, 3.63) is 12.2 Å². The van der Waals surface area contributed by atoms with Gasteiger partial charge in [0.15, 0.2) is 0 Å². The van der Waals surface area contributed by atoms with E-state index in [0.717, 1.165) is 0 Å². The molecule has 8 nitrogen and oxygen atoms in total. The van der Waals surface area contributed by atoms with Crippen LogP contribution in [0.3, 0.4) is 0 Å². The smallest absolute Gasteiger partial charge is 0.308 e. The van der Waals surface area contributed by atoms with Gasteiger partial charge in [-0.25, -0.2) is 0 Å². The highest BCUT2D eigenvalue weighted by atomic mass is 16.4. The molecule has 0 aromatic rings. The fraction of sp³-hybridized carbons (Fsp3) is 0.571. The van der Waals surface area contributed by atoms with Gasteiger partial charge in [-0.05, 0) is 23.7 Å². The number of rotatable bonds is 4. The van der Waals surface area contributed by atoms with E-state index in [-0.39, 0.29) is 0 Å². The SMILES string of the molecule is O=C(O)[C@@H]1[C@H]2C=C[C@@H]([C@@H]1C(=O)O)[C@@H]1[C@H](C(=O)O)[C@@H](C(=O)O)[C@@H]21. The average Bonchev–Trinajstić information content (AvgIpc) is 2.36. The number of carboxylic acids is 4. The minimum atomic E-state index is -1.28. The molecule has 8 atom stereocenters. The number of allylic oxidation sites excluding steroid dienone is 2. The molecule has 4 rings (SSSR count). The van der Waals surface area contributed by atoms with E-state index in [1.165, 1.54) is 0 Å². The van der Waals surface area contributed by atoms with Gasteiger partial charge in [0, 0.05) is 0 Å². The largest absolute Gasteiger partial charge is 0.481 e. The average molecular weight is 310 g/mol. The number of hydrogen-bond acceptors (Lipinski definition) is 4. The van der Waals surface area contributed by atoms with Crippen molar-refractivity contribution in [2.24, 2.45) is 47.3 Å². The van der Waals surface area contributed by atoms with Crippen molar-refractivity contribution in [1.29, 1.82) is 0 Å². The van der Waals surface area contributed by atoms with Crippen molar-refractivity contribution in [2.45, 2.75) is 0 Å². The summed E-state index contributed by atoms with van der Waals surface area (Å²) in [5.41, 5.74) is 0. The molecular formula is C14H14O8. The highest BCUT2D eigenvalue weighted by Crippen LogP contribution is 2.64. The first-order valence-corrected chi connectivity index (χ1v) is 6.87. The van der Waals surface area contributed by atoms with Crippen molar-refractivity contribution in [3.63, 3.8) is 0 Å². The topological polar surface area (TPSA) is 149 Å². The molecule has 8 heteroatoms. The van der Waals surface area contributed by atoms with Crippen LogP contribution in [0, 0.1) is 47.3 Å². The van der Waals surface area contributed by atoms with E-state index < -0.39 is 71.2 Å². The van der Waals surface area contributed by atoms with Crippen LogP contribution in [0.1, 0.15) is 0 Å². The summed E-state index contributed by atoms with van der Waals surface area (Å²) < 4.78 is 0. The van der Waals surface area contributed by atoms with Gasteiger partial charge in [-0.1, -0.05) is 12.2 Å². The first kappa shape index (κ1) is 14.6. The van der Waals surface area contributed by atoms with E-state index in [9.17, 15) is 39.6 Å². The third kappa shape index (κ3) is 1.63. The fourth-order valence-electron chi connectivity index (χ4n) is 4.79. The van der Waals surface area contributed by atoms with Crippen LogP contribution in [0.5, 0.6) is 0 Å². The Balaban J connectivity index is 2.06. The number of carboxylic acid groups (broad SMARTS) is 4. The molecule has 0 aromatic carbocycles. The molecule has 0 unspecified atom stereocenters. The highest BCUT2D eigenvalue weighted by Gasteiger charge is 2.70. The lowest BCUT2D eigenvalue weighted by molar-refractivity contribution is -0.206. The normalized spacial score (nSPS) is 44.7.